The SMILES string of the molecule is O=C(Cn1cccnc1=O)NC1CCN(CC2(c3ccccc3F)CCCC2)CC1. The second kappa shape index (κ2) is 9.08. The Labute approximate surface area is 176 Å². The lowest BCUT2D eigenvalue weighted by Crippen LogP contribution is -2.49. The van der Waals surface area contributed by atoms with Crippen LogP contribution in [0.1, 0.15) is 44.1 Å². The molecule has 7 heteroatoms. The molecule has 2 heterocycles. The molecule has 4 rings (SSSR count). The Morgan fingerprint density at radius 2 is 1.90 bits per heavy atom. The average Bonchev–Trinajstić information content (AvgIpc) is 3.21. The molecule has 2 fully saturated rings. The van der Waals surface area contributed by atoms with Gasteiger partial charge in [-0.1, -0.05) is 31.0 Å². The topological polar surface area (TPSA) is 67.2 Å². The number of nitrogens with zero attached hydrogens (tertiary/aromatic N) is 3. The van der Waals surface area contributed by atoms with Gasteiger partial charge >= 0.3 is 5.69 Å². The molecule has 1 N–H and O–H groups in total. The molecule has 2 aliphatic rings. The predicted molar refractivity (Wildman–Crippen MR) is 113 cm³/mol. The zero-order chi connectivity index (χ0) is 21.0. The first-order valence-corrected chi connectivity index (χ1v) is 10.8. The number of benzene rings is 1. The zero-order valence-electron chi connectivity index (χ0n) is 17.2. The van der Waals surface area contributed by atoms with Gasteiger partial charge in [0.1, 0.15) is 12.4 Å². The van der Waals surface area contributed by atoms with E-state index in [-0.39, 0.29) is 29.7 Å². The molecule has 0 unspecified atom stereocenters. The number of likely N-dealkylation sites (tertiary alicyclic amines) is 1. The van der Waals surface area contributed by atoms with Crippen LogP contribution < -0.4 is 11.0 Å². The summed E-state index contributed by atoms with van der Waals surface area (Å²) >= 11 is 0. The molecule has 0 atom stereocenters. The second-order valence-electron chi connectivity index (χ2n) is 8.62. The normalized spacial score (nSPS) is 19.6. The Hall–Kier alpha value is -2.54. The van der Waals surface area contributed by atoms with Gasteiger partial charge < -0.3 is 10.2 Å². The van der Waals surface area contributed by atoms with Crippen LogP contribution in [-0.2, 0) is 16.8 Å². The first kappa shape index (κ1) is 20.7. The molecule has 2 aromatic rings. The zero-order valence-corrected chi connectivity index (χ0v) is 17.2. The standard InChI is InChI=1S/C23H29FN4O2/c24-20-7-2-1-6-19(20)23(10-3-4-11-23)17-27-14-8-18(9-15-27)26-21(29)16-28-13-5-12-25-22(28)30/h1-2,5-7,12-13,18H,3-4,8-11,14-17H2,(H,26,29). The van der Waals surface area contributed by atoms with Gasteiger partial charge in [-0.15, -0.1) is 0 Å². The highest BCUT2D eigenvalue weighted by Gasteiger charge is 2.39. The van der Waals surface area contributed by atoms with Crippen molar-refractivity contribution in [3.63, 3.8) is 0 Å². The fourth-order valence-electron chi connectivity index (χ4n) is 5.05. The van der Waals surface area contributed by atoms with Crippen LogP contribution >= 0.6 is 0 Å². The lowest BCUT2D eigenvalue weighted by atomic mass is 9.77. The van der Waals surface area contributed by atoms with Crippen LogP contribution in [-0.4, -0.2) is 46.0 Å². The van der Waals surface area contributed by atoms with Gasteiger partial charge in [0.2, 0.25) is 5.91 Å². The van der Waals surface area contributed by atoms with E-state index in [1.807, 2.05) is 12.1 Å². The fraction of sp³-hybridized carbons (Fsp3) is 0.522. The number of carbonyl (C=O) groups is 1. The van der Waals surface area contributed by atoms with E-state index in [2.05, 4.69) is 15.2 Å². The van der Waals surface area contributed by atoms with E-state index in [0.717, 1.165) is 63.7 Å². The van der Waals surface area contributed by atoms with Crippen LogP contribution in [0.15, 0.2) is 47.5 Å². The van der Waals surface area contributed by atoms with Crippen molar-refractivity contribution in [1.82, 2.24) is 19.8 Å². The van der Waals surface area contributed by atoms with E-state index in [1.54, 1.807) is 24.4 Å². The minimum Gasteiger partial charge on any atom is -0.352 e. The average molecular weight is 413 g/mol. The number of aromatic nitrogens is 2. The van der Waals surface area contributed by atoms with Crippen LogP contribution in [0.25, 0.3) is 0 Å². The molecule has 0 spiro atoms. The summed E-state index contributed by atoms with van der Waals surface area (Å²) in [6, 6.07) is 8.97. The number of piperidine rings is 1. The van der Waals surface area contributed by atoms with Crippen molar-refractivity contribution in [1.29, 1.82) is 0 Å². The lowest BCUT2D eigenvalue weighted by molar-refractivity contribution is -0.122. The minimum atomic E-state index is -0.419. The third-order valence-electron chi connectivity index (χ3n) is 6.58. The van der Waals surface area contributed by atoms with E-state index in [1.165, 1.54) is 10.8 Å². The van der Waals surface area contributed by atoms with Crippen molar-refractivity contribution in [3.05, 3.63) is 64.6 Å². The maximum atomic E-state index is 14.6. The maximum absolute atomic E-state index is 14.6. The van der Waals surface area contributed by atoms with Gasteiger partial charge in [-0.2, -0.15) is 0 Å². The molecule has 1 amide bonds. The molecule has 1 aliphatic carbocycles. The van der Waals surface area contributed by atoms with Crippen LogP contribution in [0.5, 0.6) is 0 Å². The fourth-order valence-corrected chi connectivity index (χ4v) is 5.05. The number of rotatable bonds is 6. The third kappa shape index (κ3) is 4.61. The predicted octanol–water partition coefficient (Wildman–Crippen LogP) is 2.48. The number of halogens is 1. The van der Waals surface area contributed by atoms with Crippen LogP contribution in [0.2, 0.25) is 0 Å². The Balaban J connectivity index is 1.32. The summed E-state index contributed by atoms with van der Waals surface area (Å²) in [5.74, 6) is -0.255. The molecule has 1 aliphatic heterocycles. The van der Waals surface area contributed by atoms with Gasteiger partial charge in [0, 0.05) is 43.5 Å². The minimum absolute atomic E-state index is 0.0106. The van der Waals surface area contributed by atoms with Crippen molar-refractivity contribution in [2.45, 2.75) is 56.5 Å². The van der Waals surface area contributed by atoms with Crippen molar-refractivity contribution in [3.8, 4) is 0 Å². The molecule has 6 nitrogen and oxygen atoms in total. The third-order valence-corrected chi connectivity index (χ3v) is 6.58. The molecule has 1 saturated heterocycles. The molecule has 0 radical (unpaired) electrons. The highest BCUT2D eigenvalue weighted by molar-refractivity contribution is 5.76. The quantitative estimate of drug-likeness (QED) is 0.792. The smallest absolute Gasteiger partial charge is 0.347 e. The van der Waals surface area contributed by atoms with E-state index in [4.69, 9.17) is 0 Å². The molecular weight excluding hydrogens is 383 g/mol. The number of hydrogen-bond acceptors (Lipinski definition) is 4. The first-order valence-electron chi connectivity index (χ1n) is 10.8. The molecule has 0 bridgehead atoms. The molecule has 1 aromatic heterocycles. The first-order chi connectivity index (χ1) is 14.6. The van der Waals surface area contributed by atoms with Crippen molar-refractivity contribution < 1.29 is 9.18 Å². The second-order valence-corrected chi connectivity index (χ2v) is 8.62. The van der Waals surface area contributed by atoms with Gasteiger partial charge in [0.05, 0.1) is 0 Å². The van der Waals surface area contributed by atoms with Crippen molar-refractivity contribution in [2.75, 3.05) is 19.6 Å². The van der Waals surface area contributed by atoms with E-state index < -0.39 is 5.69 Å². The van der Waals surface area contributed by atoms with Gasteiger partial charge in [0.25, 0.3) is 0 Å². The molecule has 1 aromatic carbocycles. The molecule has 30 heavy (non-hydrogen) atoms. The Morgan fingerprint density at radius 1 is 1.17 bits per heavy atom. The summed E-state index contributed by atoms with van der Waals surface area (Å²) in [6.07, 6.45) is 9.08. The van der Waals surface area contributed by atoms with Gasteiger partial charge in [-0.3, -0.25) is 9.36 Å². The van der Waals surface area contributed by atoms with Gasteiger partial charge in [0.15, 0.2) is 0 Å². The van der Waals surface area contributed by atoms with E-state index in [0.29, 0.717) is 0 Å². The van der Waals surface area contributed by atoms with Gasteiger partial charge in [-0.25, -0.2) is 14.2 Å². The Kier molecular flexibility index (Phi) is 6.27. The van der Waals surface area contributed by atoms with E-state index in [9.17, 15) is 14.0 Å². The van der Waals surface area contributed by atoms with Crippen molar-refractivity contribution in [2.24, 2.45) is 0 Å². The van der Waals surface area contributed by atoms with Gasteiger partial charge in [-0.05, 0) is 43.4 Å². The highest BCUT2D eigenvalue weighted by atomic mass is 19.1. The molecule has 160 valence electrons. The Bertz CT molecular complexity index is 931. The Morgan fingerprint density at radius 3 is 2.60 bits per heavy atom. The van der Waals surface area contributed by atoms with Crippen LogP contribution in [0, 0.1) is 5.82 Å². The molecule has 1 saturated carbocycles. The summed E-state index contributed by atoms with van der Waals surface area (Å²) in [5, 5.41) is 3.05. The maximum Gasteiger partial charge on any atom is 0.347 e. The van der Waals surface area contributed by atoms with E-state index >= 15 is 0 Å². The summed E-state index contributed by atoms with van der Waals surface area (Å²) in [7, 11) is 0. The van der Waals surface area contributed by atoms with Crippen LogP contribution in [0.4, 0.5) is 4.39 Å². The van der Waals surface area contributed by atoms with Crippen LogP contribution in [0.3, 0.4) is 0 Å². The number of nitrogens with one attached hydrogen (secondary N) is 1. The lowest BCUT2D eigenvalue weighted by Gasteiger charge is -2.39. The largest absolute Gasteiger partial charge is 0.352 e. The summed E-state index contributed by atoms with van der Waals surface area (Å²) in [5.41, 5.74) is 0.348. The highest BCUT2D eigenvalue weighted by Crippen LogP contribution is 2.43. The summed E-state index contributed by atoms with van der Waals surface area (Å²) in [6.45, 7) is 2.63. The van der Waals surface area contributed by atoms with Crippen molar-refractivity contribution >= 4 is 5.91 Å². The monoisotopic (exact) mass is 412 g/mol. The molecular formula is C23H29FN4O2. The summed E-state index contributed by atoms with van der Waals surface area (Å²) < 4.78 is 15.9. The summed E-state index contributed by atoms with van der Waals surface area (Å²) in [4.78, 5) is 30.1. The number of amides is 1. The number of carbonyl (C=O) groups excluding carboxylic acids is 1. The number of hydrogen-bond donors (Lipinski definition) is 1.